The Hall–Kier alpha value is -3.49. The summed E-state index contributed by atoms with van der Waals surface area (Å²) < 4.78 is 28.7. The number of nitrogens with zero attached hydrogens (tertiary/aromatic N) is 1. The number of amides is 3. The van der Waals surface area contributed by atoms with Crippen molar-refractivity contribution in [2.24, 2.45) is 0 Å². The lowest BCUT2D eigenvalue weighted by atomic mass is 10.2. The lowest BCUT2D eigenvalue weighted by molar-refractivity contribution is -0.117. The van der Waals surface area contributed by atoms with E-state index < -0.39 is 18.4 Å². The van der Waals surface area contributed by atoms with E-state index >= 15 is 0 Å². The maximum Gasteiger partial charge on any atom is 0.387 e. The van der Waals surface area contributed by atoms with Gasteiger partial charge in [-0.05, 0) is 48.9 Å². The number of anilines is 2. The average molecular weight is 403 g/mol. The molecule has 1 heterocycles. The number of ether oxygens (including phenoxy) is 1. The van der Waals surface area contributed by atoms with Crippen LogP contribution in [0.2, 0.25) is 0 Å². The molecular weight excluding hydrogens is 384 g/mol. The Kier molecular flexibility index (Phi) is 6.38. The highest BCUT2D eigenvalue weighted by Crippen LogP contribution is 2.23. The molecule has 0 radical (unpaired) electrons. The molecule has 1 saturated heterocycles. The van der Waals surface area contributed by atoms with Gasteiger partial charge in [0.15, 0.2) is 0 Å². The molecule has 1 aliphatic rings. The third kappa shape index (κ3) is 5.50. The van der Waals surface area contributed by atoms with Crippen molar-refractivity contribution in [2.45, 2.75) is 19.5 Å². The van der Waals surface area contributed by atoms with Gasteiger partial charge in [0.1, 0.15) is 5.75 Å². The van der Waals surface area contributed by atoms with Crippen molar-refractivity contribution < 1.29 is 27.9 Å². The summed E-state index contributed by atoms with van der Waals surface area (Å²) in [6.07, 6.45) is 1.36. The van der Waals surface area contributed by atoms with E-state index in [-0.39, 0.29) is 23.8 Å². The number of carbonyl (C=O) groups excluding carboxylic acids is 3. The fourth-order valence-corrected chi connectivity index (χ4v) is 2.93. The number of carbonyl (C=O) groups is 3. The minimum atomic E-state index is -2.99. The van der Waals surface area contributed by atoms with Crippen LogP contribution in [0.15, 0.2) is 48.5 Å². The van der Waals surface area contributed by atoms with Crippen LogP contribution in [-0.4, -0.2) is 37.4 Å². The summed E-state index contributed by atoms with van der Waals surface area (Å²) in [4.78, 5) is 37.6. The molecular formula is C20H19F2N3O4. The van der Waals surface area contributed by atoms with Crippen molar-refractivity contribution in [3.63, 3.8) is 0 Å². The molecule has 2 N–H and O–H groups in total. The van der Waals surface area contributed by atoms with Crippen LogP contribution in [0.3, 0.4) is 0 Å². The van der Waals surface area contributed by atoms with Crippen molar-refractivity contribution >= 4 is 29.1 Å². The molecule has 0 spiro atoms. The highest BCUT2D eigenvalue weighted by molar-refractivity contribution is 6.00. The highest BCUT2D eigenvalue weighted by Gasteiger charge is 2.21. The smallest absolute Gasteiger partial charge is 0.387 e. The van der Waals surface area contributed by atoms with Crippen LogP contribution < -0.4 is 20.3 Å². The number of benzene rings is 2. The summed E-state index contributed by atoms with van der Waals surface area (Å²) in [6, 6.07) is 12.1. The molecule has 0 atom stereocenters. The minimum absolute atomic E-state index is 0.0764. The molecule has 2 aromatic carbocycles. The van der Waals surface area contributed by atoms with Crippen LogP contribution in [0.4, 0.5) is 20.2 Å². The van der Waals surface area contributed by atoms with Crippen molar-refractivity contribution in [3.8, 4) is 5.75 Å². The van der Waals surface area contributed by atoms with Crippen LogP contribution in [0.5, 0.6) is 5.75 Å². The molecule has 7 nitrogen and oxygen atoms in total. The zero-order chi connectivity index (χ0) is 20.8. The van der Waals surface area contributed by atoms with Crippen LogP contribution >= 0.6 is 0 Å². The summed E-state index contributed by atoms with van der Waals surface area (Å²) in [5, 5.41) is 5.05. The van der Waals surface area contributed by atoms with Gasteiger partial charge in [-0.3, -0.25) is 14.4 Å². The largest absolute Gasteiger partial charge is 0.435 e. The van der Waals surface area contributed by atoms with Crippen molar-refractivity contribution in [1.82, 2.24) is 5.32 Å². The first-order valence-corrected chi connectivity index (χ1v) is 8.96. The highest BCUT2D eigenvalue weighted by atomic mass is 19.3. The summed E-state index contributed by atoms with van der Waals surface area (Å²) in [7, 11) is 0. The second-order valence-electron chi connectivity index (χ2n) is 6.33. The van der Waals surface area contributed by atoms with E-state index in [9.17, 15) is 23.2 Å². The van der Waals surface area contributed by atoms with Crippen LogP contribution in [0, 0.1) is 0 Å². The molecule has 0 bridgehead atoms. The van der Waals surface area contributed by atoms with E-state index in [4.69, 9.17) is 0 Å². The first-order valence-electron chi connectivity index (χ1n) is 8.96. The zero-order valence-corrected chi connectivity index (χ0v) is 15.4. The Morgan fingerprint density at radius 2 is 1.90 bits per heavy atom. The molecule has 1 fully saturated rings. The normalized spacial score (nSPS) is 13.5. The Balaban J connectivity index is 1.50. The van der Waals surface area contributed by atoms with E-state index in [1.165, 1.54) is 18.2 Å². The Bertz CT molecular complexity index is 903. The first-order chi connectivity index (χ1) is 13.9. The predicted octanol–water partition coefficient (Wildman–Crippen LogP) is 2.78. The van der Waals surface area contributed by atoms with E-state index in [0.717, 1.165) is 18.2 Å². The van der Waals surface area contributed by atoms with E-state index in [1.54, 1.807) is 29.2 Å². The Labute approximate surface area is 165 Å². The molecule has 1 aliphatic heterocycles. The molecule has 3 rings (SSSR count). The SMILES string of the molecule is O=C(CNC(=O)c1cccc(OC(F)F)c1)Nc1ccc(N2CCCC2=O)cc1. The quantitative estimate of drug-likeness (QED) is 0.744. The molecule has 2 aromatic rings. The van der Waals surface area contributed by atoms with E-state index in [2.05, 4.69) is 15.4 Å². The van der Waals surface area contributed by atoms with Gasteiger partial charge in [0.25, 0.3) is 5.91 Å². The molecule has 0 saturated carbocycles. The second-order valence-corrected chi connectivity index (χ2v) is 6.33. The van der Waals surface area contributed by atoms with Crippen molar-refractivity contribution in [2.75, 3.05) is 23.3 Å². The average Bonchev–Trinajstić information content (AvgIpc) is 3.12. The monoisotopic (exact) mass is 403 g/mol. The summed E-state index contributed by atoms with van der Waals surface area (Å²) >= 11 is 0. The number of hydrogen-bond acceptors (Lipinski definition) is 4. The minimum Gasteiger partial charge on any atom is -0.435 e. The van der Waals surface area contributed by atoms with Gasteiger partial charge in [-0.15, -0.1) is 0 Å². The third-order valence-corrected chi connectivity index (χ3v) is 4.27. The molecule has 0 aliphatic carbocycles. The summed E-state index contributed by atoms with van der Waals surface area (Å²) in [6.45, 7) is -2.61. The van der Waals surface area contributed by atoms with Crippen LogP contribution in [0.1, 0.15) is 23.2 Å². The number of rotatable bonds is 7. The number of hydrogen-bond donors (Lipinski definition) is 2. The number of halogens is 2. The molecule has 0 aromatic heterocycles. The molecule has 0 unspecified atom stereocenters. The third-order valence-electron chi connectivity index (χ3n) is 4.27. The summed E-state index contributed by atoms with van der Waals surface area (Å²) in [5.41, 5.74) is 1.38. The van der Waals surface area contributed by atoms with Crippen LogP contribution in [0.25, 0.3) is 0 Å². The lowest BCUT2D eigenvalue weighted by Crippen LogP contribution is -2.32. The first kappa shape index (κ1) is 20.2. The standard InChI is InChI=1S/C20H19F2N3O4/c21-20(22)29-16-4-1-3-13(11-16)19(28)23-12-17(26)24-14-6-8-15(9-7-14)25-10-2-5-18(25)27/h1,3-4,6-9,11,20H,2,5,10,12H2,(H,23,28)(H,24,26). The molecule has 152 valence electrons. The van der Waals surface area contributed by atoms with Gasteiger partial charge in [-0.1, -0.05) is 6.07 Å². The van der Waals surface area contributed by atoms with Gasteiger partial charge in [-0.25, -0.2) is 0 Å². The molecule has 9 heteroatoms. The van der Waals surface area contributed by atoms with Gasteiger partial charge in [0.2, 0.25) is 11.8 Å². The van der Waals surface area contributed by atoms with Crippen molar-refractivity contribution in [3.05, 3.63) is 54.1 Å². The number of alkyl halides is 2. The predicted molar refractivity (Wildman–Crippen MR) is 102 cm³/mol. The van der Waals surface area contributed by atoms with Gasteiger partial charge in [0, 0.05) is 29.9 Å². The molecule has 3 amide bonds. The zero-order valence-electron chi connectivity index (χ0n) is 15.4. The van der Waals surface area contributed by atoms with Gasteiger partial charge in [-0.2, -0.15) is 8.78 Å². The van der Waals surface area contributed by atoms with E-state index in [0.29, 0.717) is 18.7 Å². The Morgan fingerprint density at radius 1 is 1.14 bits per heavy atom. The summed E-state index contributed by atoms with van der Waals surface area (Å²) in [5.74, 6) is -1.12. The maximum absolute atomic E-state index is 12.3. The lowest BCUT2D eigenvalue weighted by Gasteiger charge is -2.16. The van der Waals surface area contributed by atoms with Crippen molar-refractivity contribution in [1.29, 1.82) is 0 Å². The van der Waals surface area contributed by atoms with Gasteiger partial charge in [0.05, 0.1) is 6.54 Å². The fourth-order valence-electron chi connectivity index (χ4n) is 2.93. The second kappa shape index (κ2) is 9.13. The Morgan fingerprint density at radius 3 is 2.55 bits per heavy atom. The molecule has 29 heavy (non-hydrogen) atoms. The van der Waals surface area contributed by atoms with E-state index in [1.807, 2.05) is 0 Å². The maximum atomic E-state index is 12.3. The fraction of sp³-hybridized carbons (Fsp3) is 0.250. The van der Waals surface area contributed by atoms with Gasteiger partial charge >= 0.3 is 6.61 Å². The van der Waals surface area contributed by atoms with Gasteiger partial charge < -0.3 is 20.3 Å². The number of nitrogens with one attached hydrogen (secondary N) is 2. The van der Waals surface area contributed by atoms with Crippen LogP contribution in [-0.2, 0) is 9.59 Å². The topological polar surface area (TPSA) is 87.7 Å².